The summed E-state index contributed by atoms with van der Waals surface area (Å²) in [6, 6.07) is 11.4. The first-order valence-corrected chi connectivity index (χ1v) is 6.52. The Labute approximate surface area is 123 Å². The molecule has 1 N–H and O–H groups in total. The number of nitriles is 2. The van der Waals surface area contributed by atoms with Crippen LogP contribution < -0.4 is 5.32 Å². The van der Waals surface area contributed by atoms with Crippen LogP contribution in [0.2, 0.25) is 5.02 Å². The van der Waals surface area contributed by atoms with E-state index in [1.807, 2.05) is 18.2 Å². The number of halogens is 1. The number of para-hydroxylation sites is 1. The molecule has 0 spiro atoms. The zero-order valence-electron chi connectivity index (χ0n) is 10.3. The number of thiocarbonyl (C=S) groups is 1. The van der Waals surface area contributed by atoms with E-state index in [2.05, 4.69) is 17.5 Å². The van der Waals surface area contributed by atoms with Crippen molar-refractivity contribution in [3.63, 3.8) is 0 Å². The van der Waals surface area contributed by atoms with Gasteiger partial charge >= 0.3 is 0 Å². The standard InChI is InChI=1S/C13H13ClN4S/c14-11-5-1-2-6-12(11)17-13(19)18(9-3-7-15)10-4-8-16/h1-2,5-6H,3-4,9-10H2,(H,17,19). The molecule has 4 nitrogen and oxygen atoms in total. The van der Waals surface area contributed by atoms with E-state index >= 15 is 0 Å². The van der Waals surface area contributed by atoms with Crippen LogP contribution in [0.15, 0.2) is 24.3 Å². The third-order valence-electron chi connectivity index (χ3n) is 2.39. The fourth-order valence-corrected chi connectivity index (χ4v) is 1.92. The van der Waals surface area contributed by atoms with Gasteiger partial charge in [-0.05, 0) is 24.4 Å². The molecule has 19 heavy (non-hydrogen) atoms. The van der Waals surface area contributed by atoms with Gasteiger partial charge in [-0.2, -0.15) is 10.5 Å². The molecule has 0 unspecified atom stereocenters. The van der Waals surface area contributed by atoms with Crippen LogP contribution in [-0.2, 0) is 0 Å². The van der Waals surface area contributed by atoms with Gasteiger partial charge in [-0.1, -0.05) is 23.7 Å². The number of nitrogens with one attached hydrogen (secondary N) is 1. The average molecular weight is 293 g/mol. The molecule has 6 heteroatoms. The van der Waals surface area contributed by atoms with Gasteiger partial charge < -0.3 is 10.2 Å². The Morgan fingerprint density at radius 1 is 1.21 bits per heavy atom. The van der Waals surface area contributed by atoms with Crippen molar-refractivity contribution in [1.82, 2.24) is 4.90 Å². The molecular weight excluding hydrogens is 280 g/mol. The van der Waals surface area contributed by atoms with Crippen molar-refractivity contribution in [2.45, 2.75) is 12.8 Å². The van der Waals surface area contributed by atoms with Gasteiger partial charge in [0.2, 0.25) is 0 Å². The van der Waals surface area contributed by atoms with Crippen LogP contribution in [-0.4, -0.2) is 23.1 Å². The number of benzene rings is 1. The largest absolute Gasteiger partial charge is 0.347 e. The van der Waals surface area contributed by atoms with E-state index in [0.717, 1.165) is 0 Å². The van der Waals surface area contributed by atoms with Crippen LogP contribution in [0.4, 0.5) is 5.69 Å². The van der Waals surface area contributed by atoms with Crippen LogP contribution in [0.3, 0.4) is 0 Å². The minimum atomic E-state index is 0.357. The maximum atomic E-state index is 8.63. The number of hydrogen-bond donors (Lipinski definition) is 1. The van der Waals surface area contributed by atoms with Crippen molar-refractivity contribution in [3.8, 4) is 12.1 Å². The zero-order valence-corrected chi connectivity index (χ0v) is 11.8. The van der Waals surface area contributed by atoms with Gasteiger partial charge in [0.1, 0.15) is 0 Å². The summed E-state index contributed by atoms with van der Waals surface area (Å²) in [5, 5.41) is 21.3. The monoisotopic (exact) mass is 292 g/mol. The van der Waals surface area contributed by atoms with Crippen molar-refractivity contribution >= 4 is 34.6 Å². The molecular formula is C13H13ClN4S. The van der Waals surface area contributed by atoms with Crippen molar-refractivity contribution in [2.24, 2.45) is 0 Å². The highest BCUT2D eigenvalue weighted by Crippen LogP contribution is 2.20. The van der Waals surface area contributed by atoms with E-state index < -0.39 is 0 Å². The average Bonchev–Trinajstić information content (AvgIpc) is 2.41. The lowest BCUT2D eigenvalue weighted by Gasteiger charge is -2.24. The first kappa shape index (κ1) is 15.2. The maximum absolute atomic E-state index is 8.63. The lowest BCUT2D eigenvalue weighted by atomic mass is 10.3. The van der Waals surface area contributed by atoms with E-state index in [-0.39, 0.29) is 0 Å². The van der Waals surface area contributed by atoms with Gasteiger partial charge in [0, 0.05) is 13.1 Å². The van der Waals surface area contributed by atoms with Crippen molar-refractivity contribution in [1.29, 1.82) is 10.5 Å². The molecule has 0 aromatic heterocycles. The molecule has 98 valence electrons. The first-order valence-electron chi connectivity index (χ1n) is 5.73. The van der Waals surface area contributed by atoms with Gasteiger partial charge in [0.25, 0.3) is 0 Å². The first-order chi connectivity index (χ1) is 9.19. The van der Waals surface area contributed by atoms with Crippen LogP contribution in [0.25, 0.3) is 0 Å². The van der Waals surface area contributed by atoms with E-state index in [0.29, 0.717) is 41.8 Å². The Morgan fingerprint density at radius 3 is 2.32 bits per heavy atom. The molecule has 0 fully saturated rings. The SMILES string of the molecule is N#CCCN(CCC#N)C(=S)Nc1ccccc1Cl. The van der Waals surface area contributed by atoms with Crippen LogP contribution in [0, 0.1) is 22.7 Å². The fourth-order valence-electron chi connectivity index (χ4n) is 1.44. The summed E-state index contributed by atoms with van der Waals surface area (Å²) in [5.74, 6) is 0. The van der Waals surface area contributed by atoms with Crippen LogP contribution in [0.5, 0.6) is 0 Å². The Bertz CT molecular complexity index is 500. The van der Waals surface area contributed by atoms with Gasteiger partial charge in [0.05, 0.1) is 35.7 Å². The Balaban J connectivity index is 2.69. The topological polar surface area (TPSA) is 62.9 Å². The summed E-state index contributed by atoms with van der Waals surface area (Å²) in [7, 11) is 0. The Kier molecular flexibility index (Phi) is 6.67. The molecule has 0 radical (unpaired) electrons. The minimum Gasteiger partial charge on any atom is -0.347 e. The van der Waals surface area contributed by atoms with Crippen molar-refractivity contribution in [2.75, 3.05) is 18.4 Å². The van der Waals surface area contributed by atoms with Gasteiger partial charge in [0.15, 0.2) is 5.11 Å². The smallest absolute Gasteiger partial charge is 0.173 e. The van der Waals surface area contributed by atoms with Gasteiger partial charge in [-0.15, -0.1) is 0 Å². The summed E-state index contributed by atoms with van der Waals surface area (Å²) in [4.78, 5) is 1.80. The minimum absolute atomic E-state index is 0.357. The van der Waals surface area contributed by atoms with Crippen LogP contribution in [0.1, 0.15) is 12.8 Å². The quantitative estimate of drug-likeness (QED) is 0.845. The molecule has 0 aliphatic heterocycles. The number of rotatable bonds is 5. The summed E-state index contributed by atoms with van der Waals surface area (Å²) in [6.07, 6.45) is 0.714. The molecule has 1 aromatic rings. The highest BCUT2D eigenvalue weighted by molar-refractivity contribution is 7.80. The van der Waals surface area contributed by atoms with Gasteiger partial charge in [-0.25, -0.2) is 0 Å². The summed E-state index contributed by atoms with van der Waals surface area (Å²) in [6.45, 7) is 0.989. The molecule has 0 saturated heterocycles. The van der Waals surface area contributed by atoms with E-state index in [4.69, 9.17) is 34.3 Å². The molecule has 0 aliphatic rings. The molecule has 0 amide bonds. The predicted octanol–water partition coefficient (Wildman–Crippen LogP) is 3.17. The summed E-state index contributed by atoms with van der Waals surface area (Å²) >= 11 is 11.3. The van der Waals surface area contributed by atoms with Gasteiger partial charge in [-0.3, -0.25) is 0 Å². The second-order valence-corrected chi connectivity index (χ2v) is 4.51. The fraction of sp³-hybridized carbons (Fsp3) is 0.308. The molecule has 1 rings (SSSR count). The summed E-state index contributed by atoms with van der Waals surface area (Å²) in [5.41, 5.74) is 0.716. The molecule has 0 saturated carbocycles. The number of hydrogen-bond acceptors (Lipinski definition) is 3. The molecule has 1 aromatic carbocycles. The van der Waals surface area contributed by atoms with E-state index in [1.165, 1.54) is 0 Å². The number of anilines is 1. The lowest BCUT2D eigenvalue weighted by Crippen LogP contribution is -2.36. The lowest BCUT2D eigenvalue weighted by molar-refractivity contribution is 0.443. The molecule has 0 heterocycles. The Hall–Kier alpha value is -1.82. The maximum Gasteiger partial charge on any atom is 0.173 e. The Morgan fingerprint density at radius 2 is 1.79 bits per heavy atom. The molecule has 0 aliphatic carbocycles. The molecule has 0 atom stereocenters. The highest BCUT2D eigenvalue weighted by Gasteiger charge is 2.10. The normalized spacial score (nSPS) is 9.21. The van der Waals surface area contributed by atoms with E-state index in [1.54, 1.807) is 11.0 Å². The summed E-state index contributed by atoms with van der Waals surface area (Å²) < 4.78 is 0. The molecule has 0 bridgehead atoms. The van der Waals surface area contributed by atoms with E-state index in [9.17, 15) is 0 Å². The highest BCUT2D eigenvalue weighted by atomic mass is 35.5. The second-order valence-electron chi connectivity index (χ2n) is 3.71. The third kappa shape index (κ3) is 5.13. The second kappa shape index (κ2) is 8.31. The number of nitrogens with zero attached hydrogens (tertiary/aromatic N) is 3. The van der Waals surface area contributed by atoms with Crippen molar-refractivity contribution < 1.29 is 0 Å². The van der Waals surface area contributed by atoms with Crippen LogP contribution >= 0.6 is 23.8 Å². The third-order valence-corrected chi connectivity index (χ3v) is 3.08. The predicted molar refractivity (Wildman–Crippen MR) is 79.7 cm³/mol. The zero-order chi connectivity index (χ0) is 14.1. The van der Waals surface area contributed by atoms with Crippen molar-refractivity contribution in [3.05, 3.63) is 29.3 Å².